The largest absolute Gasteiger partial charge is 0.0845 e. The van der Waals surface area contributed by atoms with Gasteiger partial charge in [-0.3, -0.25) is 0 Å². The maximum atomic E-state index is 2.76. The van der Waals surface area contributed by atoms with Gasteiger partial charge < -0.3 is 0 Å². The molecule has 0 aliphatic heterocycles. The molecule has 0 heteroatoms. The van der Waals surface area contributed by atoms with Gasteiger partial charge >= 0.3 is 0 Å². The first kappa shape index (κ1) is 22.9. The zero-order valence-corrected chi connectivity index (χ0v) is 21.5. The molecule has 9 atom stereocenters. The fraction of sp³-hybridized carbons (Fsp3) is 0.933. The Kier molecular flexibility index (Phi) is 6.56. The molecule has 0 aromatic rings. The SMILES string of the molecule is CC[C@@H](CC[C@@H](C)C1CCC2[C@@H]3CC=C4C[C@@H](C)CC[C@]4(C)C3CC[C@@]21C)C(C)C.[HH].[HH].[HH]. The highest BCUT2D eigenvalue weighted by Gasteiger charge is 2.58. The molecule has 4 aliphatic carbocycles. The summed E-state index contributed by atoms with van der Waals surface area (Å²) in [5.41, 5.74) is 3.05. The Labute approximate surface area is 193 Å². The van der Waals surface area contributed by atoms with Crippen molar-refractivity contribution in [3.63, 3.8) is 0 Å². The predicted octanol–water partition coefficient (Wildman–Crippen LogP) is 10.0. The number of rotatable bonds is 6. The molecule has 0 amide bonds. The van der Waals surface area contributed by atoms with Gasteiger partial charge in [0.2, 0.25) is 0 Å². The van der Waals surface area contributed by atoms with Crippen LogP contribution < -0.4 is 0 Å². The standard InChI is InChI=1S/C30H52.3H2/c1-8-23(20(2)3)10-9-22(5)26-13-14-27-25-12-11-24-19-21(4)15-17-29(24,6)28(25)16-18-30(26,27)7;;;/h11,20-23,25-28H,8-10,12-19H2,1-7H3;3*1H/t21-,22+,23-,25-,26?,27?,28?,29-,30+;;;/m0.../s1. The zero-order chi connectivity index (χ0) is 21.7. The maximum absolute atomic E-state index is 2.76. The van der Waals surface area contributed by atoms with Crippen molar-refractivity contribution in [3.05, 3.63) is 11.6 Å². The highest BCUT2D eigenvalue weighted by Crippen LogP contribution is 2.67. The first-order valence-electron chi connectivity index (χ1n) is 13.9. The lowest BCUT2D eigenvalue weighted by Gasteiger charge is -2.58. The van der Waals surface area contributed by atoms with E-state index in [4.69, 9.17) is 0 Å². The highest BCUT2D eigenvalue weighted by molar-refractivity contribution is 5.25. The third-order valence-corrected chi connectivity index (χ3v) is 11.6. The van der Waals surface area contributed by atoms with E-state index >= 15 is 0 Å². The molecule has 3 unspecified atom stereocenters. The molecule has 3 fully saturated rings. The Bertz CT molecular complexity index is 642. The van der Waals surface area contributed by atoms with Gasteiger partial charge in [0, 0.05) is 4.28 Å². The van der Waals surface area contributed by atoms with Crippen molar-refractivity contribution in [2.45, 2.75) is 119 Å². The second-order valence-electron chi connectivity index (χ2n) is 13.3. The first-order chi connectivity index (χ1) is 14.2. The molecule has 0 aromatic carbocycles. The van der Waals surface area contributed by atoms with Crippen LogP contribution in [0.3, 0.4) is 0 Å². The summed E-state index contributed by atoms with van der Waals surface area (Å²) in [6.45, 7) is 17.8. The van der Waals surface area contributed by atoms with Crippen LogP contribution in [0.2, 0.25) is 0 Å². The van der Waals surface area contributed by atoms with Crippen LogP contribution in [0, 0.1) is 58.2 Å². The van der Waals surface area contributed by atoms with Crippen molar-refractivity contribution in [3.8, 4) is 0 Å². The van der Waals surface area contributed by atoms with E-state index in [1.807, 2.05) is 5.57 Å². The third-order valence-electron chi connectivity index (χ3n) is 11.6. The van der Waals surface area contributed by atoms with Gasteiger partial charge in [-0.15, -0.1) is 0 Å². The summed E-state index contributed by atoms with van der Waals surface area (Å²) < 4.78 is 0. The average Bonchev–Trinajstić information content (AvgIpc) is 3.06. The summed E-state index contributed by atoms with van der Waals surface area (Å²) in [4.78, 5) is 0. The van der Waals surface area contributed by atoms with Crippen molar-refractivity contribution in [2.24, 2.45) is 58.2 Å². The number of hydrogen-bond acceptors (Lipinski definition) is 0. The van der Waals surface area contributed by atoms with Crippen molar-refractivity contribution in [1.82, 2.24) is 0 Å². The normalized spacial score (nSPS) is 45.3. The molecule has 0 saturated heterocycles. The lowest BCUT2D eigenvalue weighted by Crippen LogP contribution is -2.50. The Morgan fingerprint density at radius 2 is 1.77 bits per heavy atom. The van der Waals surface area contributed by atoms with Crippen molar-refractivity contribution in [2.75, 3.05) is 0 Å². The van der Waals surface area contributed by atoms with Crippen LogP contribution in [0.25, 0.3) is 0 Å². The van der Waals surface area contributed by atoms with Crippen molar-refractivity contribution in [1.29, 1.82) is 0 Å². The molecule has 178 valence electrons. The summed E-state index contributed by atoms with van der Waals surface area (Å²) in [5.74, 6) is 7.59. The molecule has 4 rings (SSSR count). The molecular formula is C30H58. The number of fused-ring (bicyclic) bond motifs is 5. The van der Waals surface area contributed by atoms with Crippen molar-refractivity contribution >= 4 is 0 Å². The van der Waals surface area contributed by atoms with E-state index in [9.17, 15) is 0 Å². The third kappa shape index (κ3) is 3.75. The minimum atomic E-state index is 0. The lowest BCUT2D eigenvalue weighted by atomic mass is 9.46. The van der Waals surface area contributed by atoms with Gasteiger partial charge in [0.1, 0.15) is 0 Å². The van der Waals surface area contributed by atoms with Gasteiger partial charge in [-0.25, -0.2) is 0 Å². The van der Waals surface area contributed by atoms with Gasteiger partial charge in [0.25, 0.3) is 0 Å². The van der Waals surface area contributed by atoms with Crippen LogP contribution in [0.5, 0.6) is 0 Å². The molecule has 0 radical (unpaired) electrons. The van der Waals surface area contributed by atoms with Gasteiger partial charge in [-0.2, -0.15) is 0 Å². The molecular weight excluding hydrogens is 360 g/mol. The topological polar surface area (TPSA) is 0 Å². The van der Waals surface area contributed by atoms with Crippen LogP contribution in [0.15, 0.2) is 11.6 Å². The van der Waals surface area contributed by atoms with E-state index in [2.05, 4.69) is 54.5 Å². The minimum Gasteiger partial charge on any atom is -0.0845 e. The molecule has 0 spiro atoms. The summed E-state index contributed by atoms with van der Waals surface area (Å²) in [6, 6.07) is 0. The van der Waals surface area contributed by atoms with Crippen LogP contribution in [0.4, 0.5) is 0 Å². The minimum absolute atomic E-state index is 0. The van der Waals surface area contributed by atoms with E-state index in [1.54, 1.807) is 0 Å². The van der Waals surface area contributed by atoms with Gasteiger partial charge in [0.05, 0.1) is 0 Å². The fourth-order valence-electron chi connectivity index (χ4n) is 9.51. The van der Waals surface area contributed by atoms with E-state index in [0.29, 0.717) is 10.8 Å². The van der Waals surface area contributed by atoms with Gasteiger partial charge in [-0.05, 0) is 116 Å². The average molecular weight is 419 g/mol. The zero-order valence-electron chi connectivity index (χ0n) is 21.5. The smallest absolute Gasteiger partial charge is 0 e. The molecule has 0 heterocycles. The molecule has 3 saturated carbocycles. The second kappa shape index (κ2) is 8.59. The Morgan fingerprint density at radius 3 is 2.47 bits per heavy atom. The Morgan fingerprint density at radius 1 is 1.00 bits per heavy atom. The van der Waals surface area contributed by atoms with E-state index in [-0.39, 0.29) is 4.28 Å². The quantitative estimate of drug-likeness (QED) is 0.376. The summed E-state index contributed by atoms with van der Waals surface area (Å²) in [5, 5.41) is 0. The van der Waals surface area contributed by atoms with E-state index in [0.717, 1.165) is 47.3 Å². The number of allylic oxidation sites excluding steroid dienone is 2. The molecule has 4 aliphatic rings. The molecule has 0 N–H and O–H groups in total. The molecule has 0 bridgehead atoms. The van der Waals surface area contributed by atoms with Crippen LogP contribution in [-0.4, -0.2) is 0 Å². The van der Waals surface area contributed by atoms with Crippen LogP contribution in [-0.2, 0) is 0 Å². The molecule has 0 aromatic heterocycles. The number of hydrogen-bond donors (Lipinski definition) is 0. The van der Waals surface area contributed by atoms with Crippen LogP contribution >= 0.6 is 0 Å². The molecule has 0 nitrogen and oxygen atoms in total. The van der Waals surface area contributed by atoms with Gasteiger partial charge in [-0.1, -0.05) is 73.0 Å². The summed E-state index contributed by atoms with van der Waals surface area (Å²) >= 11 is 0. The van der Waals surface area contributed by atoms with Crippen molar-refractivity contribution < 1.29 is 4.28 Å². The Balaban J connectivity index is 0.00000181. The maximum Gasteiger partial charge on any atom is 0 e. The van der Waals surface area contributed by atoms with E-state index in [1.165, 1.54) is 70.6 Å². The first-order valence-corrected chi connectivity index (χ1v) is 13.9. The molecule has 30 heavy (non-hydrogen) atoms. The monoisotopic (exact) mass is 418 g/mol. The highest BCUT2D eigenvalue weighted by atomic mass is 14.6. The lowest BCUT2D eigenvalue weighted by molar-refractivity contribution is -0.0525. The predicted molar refractivity (Wildman–Crippen MR) is 138 cm³/mol. The Hall–Kier alpha value is -0.260. The van der Waals surface area contributed by atoms with Gasteiger partial charge in [0.15, 0.2) is 0 Å². The van der Waals surface area contributed by atoms with E-state index < -0.39 is 0 Å². The summed E-state index contributed by atoms with van der Waals surface area (Å²) in [6.07, 6.45) is 18.9. The fourth-order valence-corrected chi connectivity index (χ4v) is 9.51. The summed E-state index contributed by atoms with van der Waals surface area (Å²) in [7, 11) is 0. The second-order valence-corrected chi connectivity index (χ2v) is 13.3. The van der Waals surface area contributed by atoms with Crippen LogP contribution in [0.1, 0.15) is 123 Å².